The van der Waals surface area contributed by atoms with Crippen molar-refractivity contribution in [1.29, 1.82) is 0 Å². The summed E-state index contributed by atoms with van der Waals surface area (Å²) in [7, 11) is 1.61. The number of carbonyl (C=O) groups excluding carboxylic acids is 1. The van der Waals surface area contributed by atoms with Crippen LogP contribution in [0.2, 0.25) is 0 Å². The third kappa shape index (κ3) is 4.34. The number of amides is 1. The van der Waals surface area contributed by atoms with Gasteiger partial charge in [0.15, 0.2) is 0 Å². The summed E-state index contributed by atoms with van der Waals surface area (Å²) >= 11 is 0. The number of anilines is 1. The molecule has 2 heterocycles. The third-order valence-electron chi connectivity index (χ3n) is 4.77. The Morgan fingerprint density at radius 1 is 1.00 bits per heavy atom. The molecule has 4 rings (SSSR count). The highest BCUT2D eigenvalue weighted by atomic mass is 16.5. The van der Waals surface area contributed by atoms with E-state index in [0.29, 0.717) is 37.0 Å². The number of fused-ring (bicyclic) bond motifs is 1. The highest BCUT2D eigenvalue weighted by Gasteiger charge is 2.18. The monoisotopic (exact) mass is 401 g/mol. The van der Waals surface area contributed by atoms with E-state index >= 15 is 0 Å². The van der Waals surface area contributed by atoms with Crippen molar-refractivity contribution in [2.45, 2.75) is 6.54 Å². The fraction of sp³-hybridized carbons (Fsp3) is 0.167. The topological polar surface area (TPSA) is 65.4 Å². The van der Waals surface area contributed by atoms with E-state index in [1.807, 2.05) is 53.1 Å². The second-order valence-electron chi connectivity index (χ2n) is 6.81. The lowest BCUT2D eigenvalue weighted by Crippen LogP contribution is -2.18. The number of benzene rings is 2. The minimum absolute atomic E-state index is 0.216. The summed E-state index contributed by atoms with van der Waals surface area (Å²) in [5.41, 5.74) is 3.23. The number of hydrogen-bond donors (Lipinski definition) is 1. The number of carbonyl (C=O) groups is 1. The van der Waals surface area contributed by atoms with Gasteiger partial charge in [0, 0.05) is 30.8 Å². The maximum atomic E-state index is 13.2. The molecule has 2 aromatic heterocycles. The van der Waals surface area contributed by atoms with Crippen LogP contribution in [-0.2, 0) is 11.3 Å². The molecule has 0 atom stereocenters. The summed E-state index contributed by atoms with van der Waals surface area (Å²) < 4.78 is 12.7. The minimum Gasteiger partial charge on any atom is -0.474 e. The quantitative estimate of drug-likeness (QED) is 0.446. The van der Waals surface area contributed by atoms with Crippen LogP contribution in [-0.4, -0.2) is 35.8 Å². The highest BCUT2D eigenvalue weighted by Crippen LogP contribution is 2.25. The van der Waals surface area contributed by atoms with E-state index in [9.17, 15) is 4.79 Å². The summed E-state index contributed by atoms with van der Waals surface area (Å²) in [6, 6.07) is 23.5. The third-order valence-corrected chi connectivity index (χ3v) is 4.77. The first-order valence-corrected chi connectivity index (χ1v) is 9.76. The average Bonchev–Trinajstić information content (AvgIpc) is 3.14. The fourth-order valence-electron chi connectivity index (χ4n) is 3.34. The first-order valence-electron chi connectivity index (χ1n) is 9.76. The molecule has 0 saturated carbocycles. The zero-order valence-corrected chi connectivity index (χ0v) is 16.7. The van der Waals surface area contributed by atoms with Gasteiger partial charge in [0.2, 0.25) is 5.88 Å². The molecule has 0 aliphatic rings. The van der Waals surface area contributed by atoms with E-state index in [1.54, 1.807) is 25.4 Å². The van der Waals surface area contributed by atoms with Crippen LogP contribution in [0.15, 0.2) is 79.0 Å². The molecule has 0 saturated heterocycles. The molecule has 1 N–H and O–H groups in total. The molecule has 1 amide bonds. The van der Waals surface area contributed by atoms with Gasteiger partial charge in [-0.25, -0.2) is 4.98 Å². The number of methoxy groups -OCH3 is 1. The van der Waals surface area contributed by atoms with Crippen molar-refractivity contribution in [2.75, 3.05) is 25.6 Å². The van der Waals surface area contributed by atoms with Crippen LogP contribution >= 0.6 is 0 Å². The van der Waals surface area contributed by atoms with Gasteiger partial charge in [-0.15, -0.1) is 0 Å². The number of aromatic nitrogens is 2. The van der Waals surface area contributed by atoms with Gasteiger partial charge in [-0.1, -0.05) is 48.5 Å². The predicted molar refractivity (Wildman–Crippen MR) is 117 cm³/mol. The van der Waals surface area contributed by atoms with Gasteiger partial charge in [-0.3, -0.25) is 4.79 Å². The predicted octanol–water partition coefficient (Wildman–Crippen LogP) is 4.36. The van der Waals surface area contributed by atoms with Crippen LogP contribution in [0.5, 0.6) is 5.88 Å². The molecule has 0 fully saturated rings. The maximum absolute atomic E-state index is 13.2. The highest BCUT2D eigenvalue weighted by molar-refractivity contribution is 6.07. The number of rotatable bonds is 8. The Morgan fingerprint density at radius 3 is 2.63 bits per heavy atom. The Bertz CT molecular complexity index is 1140. The largest absolute Gasteiger partial charge is 0.474 e. The van der Waals surface area contributed by atoms with Gasteiger partial charge in [0.05, 0.1) is 6.61 Å². The normalized spacial score (nSPS) is 10.8. The first kappa shape index (κ1) is 19.7. The minimum atomic E-state index is -0.216. The molecular formula is C24H23N3O3. The van der Waals surface area contributed by atoms with Gasteiger partial charge in [0.1, 0.15) is 18.0 Å². The zero-order chi connectivity index (χ0) is 20.8. The van der Waals surface area contributed by atoms with Crippen LogP contribution in [0.4, 0.5) is 5.69 Å². The molecule has 0 bridgehead atoms. The molecule has 2 aromatic carbocycles. The number of ether oxygens (including phenoxy) is 2. The second kappa shape index (κ2) is 9.24. The van der Waals surface area contributed by atoms with Gasteiger partial charge in [-0.05, 0) is 29.8 Å². The Balaban J connectivity index is 1.65. The van der Waals surface area contributed by atoms with Crippen molar-refractivity contribution in [3.8, 4) is 5.88 Å². The van der Waals surface area contributed by atoms with Crippen molar-refractivity contribution >= 4 is 22.5 Å². The van der Waals surface area contributed by atoms with Crippen LogP contribution in [0.1, 0.15) is 16.1 Å². The van der Waals surface area contributed by atoms with E-state index in [-0.39, 0.29) is 5.91 Å². The lowest BCUT2D eigenvalue weighted by molar-refractivity contribution is 0.101. The molecule has 152 valence electrons. The molecule has 30 heavy (non-hydrogen) atoms. The van der Waals surface area contributed by atoms with E-state index in [2.05, 4.69) is 22.4 Å². The standard InChI is InChI=1S/C24H23N3O3/c1-29-14-15-30-24-20(11-7-13-25-24)26-23(28)22-16-19-10-5-6-12-21(19)27(22)17-18-8-3-2-4-9-18/h2-13,16H,14-15,17H2,1H3,(H,26,28). The molecule has 0 aliphatic heterocycles. The number of pyridine rings is 1. The van der Waals surface area contributed by atoms with Gasteiger partial charge in [0.25, 0.3) is 5.91 Å². The molecular weight excluding hydrogens is 378 g/mol. The molecule has 0 radical (unpaired) electrons. The summed E-state index contributed by atoms with van der Waals surface area (Å²) in [5, 5.41) is 3.97. The summed E-state index contributed by atoms with van der Waals surface area (Å²) in [6.07, 6.45) is 1.63. The number of hydrogen-bond acceptors (Lipinski definition) is 4. The lowest BCUT2D eigenvalue weighted by Gasteiger charge is -2.13. The number of nitrogens with zero attached hydrogens (tertiary/aromatic N) is 2. The van der Waals surface area contributed by atoms with Crippen molar-refractivity contribution in [3.05, 3.63) is 90.3 Å². The summed E-state index contributed by atoms with van der Waals surface area (Å²) in [5.74, 6) is 0.153. The summed E-state index contributed by atoms with van der Waals surface area (Å²) in [4.78, 5) is 17.5. The van der Waals surface area contributed by atoms with Gasteiger partial charge in [-0.2, -0.15) is 0 Å². The smallest absolute Gasteiger partial charge is 0.272 e. The van der Waals surface area contributed by atoms with Crippen molar-refractivity contribution < 1.29 is 14.3 Å². The SMILES string of the molecule is COCCOc1ncccc1NC(=O)c1cc2ccccc2n1Cc1ccccc1. The Kier molecular flexibility index (Phi) is 6.06. The van der Waals surface area contributed by atoms with Crippen LogP contribution < -0.4 is 10.1 Å². The Morgan fingerprint density at radius 2 is 1.80 bits per heavy atom. The number of nitrogens with one attached hydrogen (secondary N) is 1. The molecule has 4 aromatic rings. The maximum Gasteiger partial charge on any atom is 0.272 e. The molecule has 6 nitrogen and oxygen atoms in total. The average molecular weight is 401 g/mol. The van der Waals surface area contributed by atoms with Crippen LogP contribution in [0.3, 0.4) is 0 Å². The molecule has 0 spiro atoms. The fourth-order valence-corrected chi connectivity index (χ4v) is 3.34. The lowest BCUT2D eigenvalue weighted by atomic mass is 10.2. The van der Waals surface area contributed by atoms with E-state index in [0.717, 1.165) is 16.5 Å². The van der Waals surface area contributed by atoms with Crippen LogP contribution in [0, 0.1) is 0 Å². The Labute approximate surface area is 175 Å². The molecule has 0 aliphatic carbocycles. The van der Waals surface area contributed by atoms with Crippen molar-refractivity contribution in [1.82, 2.24) is 9.55 Å². The van der Waals surface area contributed by atoms with E-state index in [4.69, 9.17) is 9.47 Å². The van der Waals surface area contributed by atoms with Crippen molar-refractivity contribution in [2.24, 2.45) is 0 Å². The number of para-hydroxylation sites is 1. The van der Waals surface area contributed by atoms with Crippen molar-refractivity contribution in [3.63, 3.8) is 0 Å². The molecule has 6 heteroatoms. The van der Waals surface area contributed by atoms with E-state index in [1.165, 1.54) is 0 Å². The van der Waals surface area contributed by atoms with Gasteiger partial charge >= 0.3 is 0 Å². The van der Waals surface area contributed by atoms with Crippen LogP contribution in [0.25, 0.3) is 10.9 Å². The Hall–Kier alpha value is -3.64. The second-order valence-corrected chi connectivity index (χ2v) is 6.81. The van der Waals surface area contributed by atoms with Gasteiger partial charge < -0.3 is 19.4 Å². The first-order chi connectivity index (χ1) is 14.8. The molecule has 0 unspecified atom stereocenters. The summed E-state index contributed by atoms with van der Waals surface area (Å²) in [6.45, 7) is 1.39. The van der Waals surface area contributed by atoms with E-state index < -0.39 is 0 Å². The zero-order valence-electron chi connectivity index (χ0n) is 16.7.